The lowest BCUT2D eigenvalue weighted by atomic mass is 9.80. The molecule has 3 rings (SSSR count). The molecule has 1 aromatic carbocycles. The second-order valence-electron chi connectivity index (χ2n) is 5.22. The second kappa shape index (κ2) is 4.58. The molecule has 1 aliphatic carbocycles. The molecule has 1 saturated carbocycles. The Bertz CT molecular complexity index is 523. The Hall–Kier alpha value is -1.61. The molecule has 3 nitrogen and oxygen atoms in total. The molecule has 2 N–H and O–H groups in total. The fourth-order valence-electron chi connectivity index (χ4n) is 2.51. The molecular weight excluding hydrogens is 222 g/mol. The van der Waals surface area contributed by atoms with E-state index in [4.69, 9.17) is 5.73 Å². The number of rotatable bonds is 3. The predicted octanol–water partition coefficient (Wildman–Crippen LogP) is 2.74. The van der Waals surface area contributed by atoms with Crippen molar-refractivity contribution in [3.8, 4) is 0 Å². The number of benzene rings is 1. The van der Waals surface area contributed by atoms with Gasteiger partial charge in [0.1, 0.15) is 0 Å². The van der Waals surface area contributed by atoms with E-state index in [0.717, 1.165) is 17.0 Å². The Morgan fingerprint density at radius 1 is 1.22 bits per heavy atom. The maximum Gasteiger partial charge on any atom is 0.0582 e. The highest BCUT2D eigenvalue weighted by Crippen LogP contribution is 2.36. The van der Waals surface area contributed by atoms with Crippen molar-refractivity contribution in [1.82, 2.24) is 9.78 Å². The molecule has 0 saturated heterocycles. The number of aryl methyl sites for hydroxylation is 1. The molecule has 1 aromatic heterocycles. The second-order valence-corrected chi connectivity index (χ2v) is 5.22. The zero-order valence-corrected chi connectivity index (χ0v) is 10.7. The summed E-state index contributed by atoms with van der Waals surface area (Å²) in [4.78, 5) is 0. The Balaban J connectivity index is 1.79. The van der Waals surface area contributed by atoms with Crippen LogP contribution in [-0.4, -0.2) is 9.78 Å². The summed E-state index contributed by atoms with van der Waals surface area (Å²) in [5, 5.41) is 4.17. The van der Waals surface area contributed by atoms with Gasteiger partial charge in [-0.2, -0.15) is 5.10 Å². The van der Waals surface area contributed by atoms with Crippen molar-refractivity contribution >= 4 is 0 Å². The molecule has 0 spiro atoms. The lowest BCUT2D eigenvalue weighted by molar-refractivity contribution is 0.419. The van der Waals surface area contributed by atoms with Crippen molar-refractivity contribution < 1.29 is 0 Å². The van der Waals surface area contributed by atoms with Gasteiger partial charge in [-0.25, -0.2) is 0 Å². The van der Waals surface area contributed by atoms with Crippen molar-refractivity contribution in [3.05, 3.63) is 53.3 Å². The van der Waals surface area contributed by atoms with Gasteiger partial charge in [0.25, 0.3) is 0 Å². The van der Waals surface area contributed by atoms with Crippen LogP contribution in [-0.2, 0) is 7.05 Å². The van der Waals surface area contributed by atoms with Crippen LogP contribution in [0.25, 0.3) is 0 Å². The fourth-order valence-corrected chi connectivity index (χ4v) is 2.51. The van der Waals surface area contributed by atoms with Crippen molar-refractivity contribution in [3.63, 3.8) is 0 Å². The minimum atomic E-state index is -0.0749. The molecule has 1 unspecified atom stereocenters. The molecule has 1 atom stereocenters. The maximum atomic E-state index is 6.25. The zero-order chi connectivity index (χ0) is 12.5. The standard InChI is InChI=1S/C15H19N3/c1-18-10-14(9-17-18)15(16)13-7-5-12(6-8-13)11-3-2-4-11/h5-11,15H,2-4,16H2,1H3. The number of aromatic nitrogens is 2. The summed E-state index contributed by atoms with van der Waals surface area (Å²) in [6.45, 7) is 0. The van der Waals surface area contributed by atoms with Gasteiger partial charge in [-0.05, 0) is 29.9 Å². The molecule has 0 radical (unpaired) electrons. The van der Waals surface area contributed by atoms with Gasteiger partial charge in [-0.1, -0.05) is 30.7 Å². The largest absolute Gasteiger partial charge is 0.320 e. The minimum absolute atomic E-state index is 0.0749. The molecule has 0 bridgehead atoms. The summed E-state index contributed by atoms with van der Waals surface area (Å²) in [5.74, 6) is 0.786. The summed E-state index contributed by atoms with van der Waals surface area (Å²) in [7, 11) is 1.91. The number of nitrogens with zero attached hydrogens (tertiary/aromatic N) is 2. The molecule has 1 aliphatic rings. The van der Waals surface area contributed by atoms with Gasteiger partial charge in [-0.3, -0.25) is 4.68 Å². The summed E-state index contributed by atoms with van der Waals surface area (Å²) >= 11 is 0. The maximum absolute atomic E-state index is 6.25. The molecule has 2 aromatic rings. The van der Waals surface area contributed by atoms with Gasteiger partial charge in [0.05, 0.1) is 12.2 Å². The van der Waals surface area contributed by atoms with Crippen LogP contribution in [0.5, 0.6) is 0 Å². The molecule has 1 heterocycles. The van der Waals surface area contributed by atoms with Gasteiger partial charge in [0.2, 0.25) is 0 Å². The van der Waals surface area contributed by atoms with Gasteiger partial charge in [0.15, 0.2) is 0 Å². The van der Waals surface area contributed by atoms with E-state index in [9.17, 15) is 0 Å². The molecule has 3 heteroatoms. The third kappa shape index (κ3) is 2.06. The third-order valence-electron chi connectivity index (χ3n) is 3.96. The van der Waals surface area contributed by atoms with Crippen molar-refractivity contribution in [1.29, 1.82) is 0 Å². The average molecular weight is 241 g/mol. The van der Waals surface area contributed by atoms with Crippen molar-refractivity contribution in [2.24, 2.45) is 12.8 Å². The first-order valence-electron chi connectivity index (χ1n) is 6.58. The van der Waals surface area contributed by atoms with Gasteiger partial charge in [-0.15, -0.1) is 0 Å². The van der Waals surface area contributed by atoms with Gasteiger partial charge < -0.3 is 5.73 Å². The van der Waals surface area contributed by atoms with E-state index in [0.29, 0.717) is 0 Å². The summed E-state index contributed by atoms with van der Waals surface area (Å²) in [6.07, 6.45) is 7.87. The Morgan fingerprint density at radius 3 is 2.44 bits per heavy atom. The number of nitrogens with two attached hydrogens (primary N) is 1. The van der Waals surface area contributed by atoms with E-state index >= 15 is 0 Å². The quantitative estimate of drug-likeness (QED) is 0.898. The SMILES string of the molecule is Cn1cc(C(N)c2ccc(C3CCC3)cc2)cn1. The highest BCUT2D eigenvalue weighted by molar-refractivity contribution is 5.32. The van der Waals surface area contributed by atoms with Crippen LogP contribution in [0.3, 0.4) is 0 Å². The highest BCUT2D eigenvalue weighted by atomic mass is 15.2. The molecule has 18 heavy (non-hydrogen) atoms. The Kier molecular flexibility index (Phi) is 2.92. The van der Waals surface area contributed by atoms with Crippen LogP contribution >= 0.6 is 0 Å². The van der Waals surface area contributed by atoms with Crippen molar-refractivity contribution in [2.45, 2.75) is 31.2 Å². The molecule has 1 fully saturated rings. The third-order valence-corrected chi connectivity index (χ3v) is 3.96. The summed E-state index contributed by atoms with van der Waals surface area (Å²) in [5.41, 5.74) is 9.93. The normalized spacial score (nSPS) is 17.4. The van der Waals surface area contributed by atoms with Gasteiger partial charge in [0, 0.05) is 18.8 Å². The molecule has 94 valence electrons. The van der Waals surface area contributed by atoms with E-state index in [1.807, 2.05) is 19.4 Å². The summed E-state index contributed by atoms with van der Waals surface area (Å²) < 4.78 is 1.79. The first-order chi connectivity index (χ1) is 8.74. The van der Waals surface area contributed by atoms with Crippen LogP contribution in [0.2, 0.25) is 0 Å². The minimum Gasteiger partial charge on any atom is -0.320 e. The molecule has 0 aliphatic heterocycles. The lowest BCUT2D eigenvalue weighted by Gasteiger charge is -2.26. The van der Waals surface area contributed by atoms with Crippen LogP contribution in [0.15, 0.2) is 36.7 Å². The summed E-state index contributed by atoms with van der Waals surface area (Å²) in [6, 6.07) is 8.70. The monoisotopic (exact) mass is 241 g/mol. The van der Waals surface area contributed by atoms with Crippen LogP contribution in [0.4, 0.5) is 0 Å². The fraction of sp³-hybridized carbons (Fsp3) is 0.400. The lowest BCUT2D eigenvalue weighted by Crippen LogP contribution is -2.12. The van der Waals surface area contributed by atoms with Crippen LogP contribution in [0, 0.1) is 0 Å². The zero-order valence-electron chi connectivity index (χ0n) is 10.7. The van der Waals surface area contributed by atoms with E-state index in [2.05, 4.69) is 29.4 Å². The van der Waals surface area contributed by atoms with E-state index in [1.54, 1.807) is 4.68 Å². The predicted molar refractivity (Wildman–Crippen MR) is 72.3 cm³/mol. The average Bonchev–Trinajstić information content (AvgIpc) is 2.74. The van der Waals surface area contributed by atoms with E-state index in [1.165, 1.54) is 24.8 Å². The topological polar surface area (TPSA) is 43.8 Å². The van der Waals surface area contributed by atoms with Crippen molar-refractivity contribution in [2.75, 3.05) is 0 Å². The van der Waals surface area contributed by atoms with E-state index < -0.39 is 0 Å². The number of hydrogen-bond acceptors (Lipinski definition) is 2. The smallest absolute Gasteiger partial charge is 0.0582 e. The first-order valence-corrected chi connectivity index (χ1v) is 6.58. The highest BCUT2D eigenvalue weighted by Gasteiger charge is 2.19. The van der Waals surface area contributed by atoms with E-state index in [-0.39, 0.29) is 6.04 Å². The Morgan fingerprint density at radius 2 is 1.94 bits per heavy atom. The van der Waals surface area contributed by atoms with Gasteiger partial charge >= 0.3 is 0 Å². The molecule has 0 amide bonds. The number of hydrogen-bond donors (Lipinski definition) is 1. The van der Waals surface area contributed by atoms with Crippen LogP contribution < -0.4 is 5.73 Å². The van der Waals surface area contributed by atoms with Crippen LogP contribution in [0.1, 0.15) is 47.9 Å². The Labute approximate surface area is 108 Å². The first kappa shape index (κ1) is 11.5. The molecular formula is C15H19N3.